The van der Waals surface area contributed by atoms with E-state index in [0.717, 1.165) is 27.0 Å². The predicted molar refractivity (Wildman–Crippen MR) is 107 cm³/mol. The molecule has 0 spiro atoms. The third-order valence-corrected chi connectivity index (χ3v) is 5.10. The number of hydrogen-bond acceptors (Lipinski definition) is 4. The van der Waals surface area contributed by atoms with E-state index in [1.807, 2.05) is 65.5 Å². The minimum Gasteiger partial charge on any atom is -0.505 e. The van der Waals surface area contributed by atoms with E-state index in [0.29, 0.717) is 16.5 Å². The first-order valence-corrected chi connectivity index (χ1v) is 9.14. The molecular formula is C16H11Br2IN2O2. The van der Waals surface area contributed by atoms with Gasteiger partial charge >= 0.3 is 0 Å². The summed E-state index contributed by atoms with van der Waals surface area (Å²) in [5.41, 5.74) is 2.38. The summed E-state index contributed by atoms with van der Waals surface area (Å²) < 4.78 is 6.61. The lowest BCUT2D eigenvalue weighted by Gasteiger charge is -2.09. The molecule has 1 heterocycles. The number of aromatic hydroxyl groups is 1. The van der Waals surface area contributed by atoms with E-state index in [-0.39, 0.29) is 5.75 Å². The van der Waals surface area contributed by atoms with E-state index in [4.69, 9.17) is 3.07 Å². The summed E-state index contributed by atoms with van der Waals surface area (Å²) in [5.74, 6) is 0.952. The zero-order valence-corrected chi connectivity index (χ0v) is 17.0. The third-order valence-electron chi connectivity index (χ3n) is 3.33. The SMILES string of the molecule is Oc1c(Br)cc(Br)c2ccc(CNc3ccc(OI)cc3)nc12. The molecule has 0 atom stereocenters. The van der Waals surface area contributed by atoms with Gasteiger partial charge in [0.15, 0.2) is 28.8 Å². The topological polar surface area (TPSA) is 54.4 Å². The lowest BCUT2D eigenvalue weighted by atomic mass is 10.2. The van der Waals surface area contributed by atoms with Crippen molar-refractivity contribution in [3.63, 3.8) is 0 Å². The smallest absolute Gasteiger partial charge is 0.192 e. The maximum atomic E-state index is 10.2. The van der Waals surface area contributed by atoms with Gasteiger partial charge in [0.1, 0.15) is 11.3 Å². The Hall–Kier alpha value is -1.06. The Balaban J connectivity index is 1.84. The van der Waals surface area contributed by atoms with Crippen LogP contribution >= 0.6 is 54.9 Å². The number of phenolic OH excluding ortho intramolecular Hbond substituents is 1. The molecule has 0 radical (unpaired) electrons. The van der Waals surface area contributed by atoms with Crippen LogP contribution in [0.4, 0.5) is 5.69 Å². The van der Waals surface area contributed by atoms with Gasteiger partial charge in [-0.3, -0.25) is 0 Å². The summed E-state index contributed by atoms with van der Waals surface area (Å²) in [6, 6.07) is 13.4. The molecule has 0 saturated heterocycles. The van der Waals surface area contributed by atoms with E-state index >= 15 is 0 Å². The van der Waals surface area contributed by atoms with Crippen molar-refractivity contribution < 1.29 is 8.17 Å². The average Bonchev–Trinajstić information content (AvgIpc) is 2.58. The highest BCUT2D eigenvalue weighted by Crippen LogP contribution is 2.36. The second-order valence-electron chi connectivity index (χ2n) is 4.84. The molecule has 23 heavy (non-hydrogen) atoms. The second kappa shape index (κ2) is 7.23. The molecule has 2 N–H and O–H groups in total. The number of nitrogens with one attached hydrogen (secondary N) is 1. The van der Waals surface area contributed by atoms with Gasteiger partial charge in [-0.2, -0.15) is 0 Å². The van der Waals surface area contributed by atoms with E-state index in [1.54, 1.807) is 0 Å². The normalized spacial score (nSPS) is 10.7. The zero-order chi connectivity index (χ0) is 16.4. The molecule has 3 rings (SSSR count). The highest BCUT2D eigenvalue weighted by atomic mass is 127. The van der Waals surface area contributed by atoms with Crippen molar-refractivity contribution in [2.24, 2.45) is 0 Å². The first-order chi connectivity index (χ1) is 11.1. The maximum Gasteiger partial charge on any atom is 0.192 e. The van der Waals surface area contributed by atoms with Crippen molar-refractivity contribution in [2.75, 3.05) is 5.32 Å². The Labute approximate surface area is 164 Å². The molecule has 0 aliphatic heterocycles. The predicted octanol–water partition coefficient (Wildman–Crippen LogP) is 5.81. The average molecular weight is 550 g/mol. The molecule has 4 nitrogen and oxygen atoms in total. The fourth-order valence-corrected chi connectivity index (χ4v) is 3.72. The summed E-state index contributed by atoms with van der Waals surface area (Å²) in [6.45, 7) is 0.559. The molecule has 0 fully saturated rings. The number of halogens is 3. The van der Waals surface area contributed by atoms with Gasteiger partial charge in [-0.25, -0.2) is 4.98 Å². The fraction of sp³-hybridized carbons (Fsp3) is 0.0625. The molecule has 3 aromatic rings. The molecule has 0 aliphatic rings. The summed E-state index contributed by atoms with van der Waals surface area (Å²) >= 11 is 8.67. The number of pyridine rings is 1. The first kappa shape index (κ1) is 16.8. The van der Waals surface area contributed by atoms with Crippen LogP contribution in [0.25, 0.3) is 10.9 Å². The molecule has 118 valence electrons. The molecule has 0 saturated carbocycles. The van der Waals surface area contributed by atoms with Crippen LogP contribution in [0.3, 0.4) is 0 Å². The summed E-state index contributed by atoms with van der Waals surface area (Å²) in [4.78, 5) is 4.55. The van der Waals surface area contributed by atoms with Crippen LogP contribution in [0.2, 0.25) is 0 Å². The van der Waals surface area contributed by atoms with Gasteiger partial charge in [-0.15, -0.1) is 0 Å². The minimum absolute atomic E-state index is 0.147. The Kier molecular flexibility index (Phi) is 5.27. The largest absolute Gasteiger partial charge is 0.505 e. The Morgan fingerprint density at radius 2 is 1.83 bits per heavy atom. The molecule has 7 heteroatoms. The van der Waals surface area contributed by atoms with Gasteiger partial charge in [-0.1, -0.05) is 15.9 Å². The highest BCUT2D eigenvalue weighted by Gasteiger charge is 2.10. The fourth-order valence-electron chi connectivity index (χ4n) is 2.16. The van der Waals surface area contributed by atoms with E-state index in [2.05, 4.69) is 42.2 Å². The van der Waals surface area contributed by atoms with E-state index < -0.39 is 0 Å². The van der Waals surface area contributed by atoms with Crippen LogP contribution in [-0.4, -0.2) is 10.1 Å². The van der Waals surface area contributed by atoms with Gasteiger partial charge in [0.05, 0.1) is 16.7 Å². The maximum absolute atomic E-state index is 10.2. The molecule has 0 bridgehead atoms. The monoisotopic (exact) mass is 548 g/mol. The second-order valence-corrected chi connectivity index (χ2v) is 6.99. The Bertz CT molecular complexity index is 857. The summed E-state index contributed by atoms with van der Waals surface area (Å²) in [5, 5.41) is 14.4. The number of aromatic nitrogens is 1. The standard InChI is InChI=1S/C16H11Br2IN2O2/c17-13-7-14(18)16(22)15-12(13)6-3-10(21-15)8-20-9-1-4-11(23-19)5-2-9/h1-7,20,22H,8H2. The lowest BCUT2D eigenvalue weighted by molar-refractivity contribution is 0.477. The molecule has 2 aromatic carbocycles. The van der Waals surface area contributed by atoms with E-state index in [9.17, 15) is 5.11 Å². The zero-order valence-electron chi connectivity index (χ0n) is 11.7. The molecule has 0 aliphatic carbocycles. The van der Waals surface area contributed by atoms with Gasteiger partial charge in [0.25, 0.3) is 0 Å². The number of benzene rings is 2. The number of rotatable bonds is 4. The number of fused-ring (bicyclic) bond motifs is 1. The summed E-state index contributed by atoms with van der Waals surface area (Å²) in [7, 11) is 0. The van der Waals surface area contributed by atoms with Gasteiger partial charge in [0, 0.05) is 15.5 Å². The van der Waals surface area contributed by atoms with Crippen molar-refractivity contribution in [3.8, 4) is 11.5 Å². The van der Waals surface area contributed by atoms with Crippen LogP contribution in [0, 0.1) is 0 Å². The molecule has 0 unspecified atom stereocenters. The van der Waals surface area contributed by atoms with Gasteiger partial charge in [0.2, 0.25) is 0 Å². The van der Waals surface area contributed by atoms with Crippen LogP contribution in [0.1, 0.15) is 5.69 Å². The van der Waals surface area contributed by atoms with Gasteiger partial charge in [-0.05, 0) is 58.4 Å². The van der Waals surface area contributed by atoms with Crippen molar-refractivity contribution >= 4 is 71.5 Å². The molecule has 0 amide bonds. The third kappa shape index (κ3) is 3.72. The van der Waals surface area contributed by atoms with Gasteiger partial charge < -0.3 is 13.5 Å². The number of hydrogen-bond donors (Lipinski definition) is 2. The molecule has 1 aromatic heterocycles. The Morgan fingerprint density at radius 3 is 2.52 bits per heavy atom. The number of nitrogens with zero attached hydrogens (tertiary/aromatic N) is 1. The molecular weight excluding hydrogens is 539 g/mol. The number of anilines is 1. The van der Waals surface area contributed by atoms with Crippen LogP contribution in [0.5, 0.6) is 11.5 Å². The van der Waals surface area contributed by atoms with Crippen molar-refractivity contribution in [1.29, 1.82) is 0 Å². The van der Waals surface area contributed by atoms with Crippen molar-refractivity contribution in [3.05, 3.63) is 57.1 Å². The van der Waals surface area contributed by atoms with Crippen molar-refractivity contribution in [2.45, 2.75) is 6.54 Å². The minimum atomic E-state index is 0.147. The first-order valence-electron chi connectivity index (χ1n) is 6.67. The quantitative estimate of drug-likeness (QED) is 0.404. The van der Waals surface area contributed by atoms with Crippen LogP contribution in [-0.2, 0) is 6.54 Å². The lowest BCUT2D eigenvalue weighted by Crippen LogP contribution is -2.01. The highest BCUT2D eigenvalue weighted by molar-refractivity contribution is 14.1. The summed E-state index contributed by atoms with van der Waals surface area (Å²) in [6.07, 6.45) is 0. The Morgan fingerprint density at radius 1 is 1.09 bits per heavy atom. The van der Waals surface area contributed by atoms with E-state index in [1.165, 1.54) is 0 Å². The van der Waals surface area contributed by atoms with Crippen LogP contribution in [0.15, 0.2) is 51.4 Å². The van der Waals surface area contributed by atoms with Crippen LogP contribution < -0.4 is 8.38 Å². The number of phenols is 1. The van der Waals surface area contributed by atoms with Crippen molar-refractivity contribution in [1.82, 2.24) is 4.98 Å².